The van der Waals surface area contributed by atoms with Crippen molar-refractivity contribution in [3.8, 4) is 11.5 Å². The van der Waals surface area contributed by atoms with Crippen LogP contribution in [0.1, 0.15) is 19.8 Å². The van der Waals surface area contributed by atoms with E-state index < -0.39 is 0 Å². The average molecular weight is 239 g/mol. The van der Waals surface area contributed by atoms with Crippen LogP contribution in [0.2, 0.25) is 0 Å². The normalized spacial score (nSPS) is 11.9. The molecule has 0 spiro atoms. The third-order valence-corrected chi connectivity index (χ3v) is 2.39. The van der Waals surface area contributed by atoms with E-state index in [-0.39, 0.29) is 6.10 Å². The van der Waals surface area contributed by atoms with Gasteiger partial charge < -0.3 is 15.2 Å². The van der Waals surface area contributed by atoms with Crippen LogP contribution in [0.15, 0.2) is 24.3 Å². The molecule has 0 aliphatic rings. The van der Waals surface area contributed by atoms with Crippen molar-refractivity contribution in [3.63, 3.8) is 0 Å². The van der Waals surface area contributed by atoms with Crippen LogP contribution in [-0.2, 0) is 0 Å². The lowest BCUT2D eigenvalue weighted by Crippen LogP contribution is -2.23. The maximum Gasteiger partial charge on any atom is 0.123 e. The van der Waals surface area contributed by atoms with Crippen LogP contribution in [0.3, 0.4) is 0 Å². The summed E-state index contributed by atoms with van der Waals surface area (Å²) in [7, 11) is 1.63. The zero-order valence-electron chi connectivity index (χ0n) is 9.60. The maximum absolute atomic E-state index is 5.77. The third-order valence-electron chi connectivity index (χ3n) is 2.23. The molecule has 0 amide bonds. The van der Waals surface area contributed by atoms with Gasteiger partial charge in [-0.15, -0.1) is 0 Å². The first kappa shape index (κ1) is 12.8. The van der Waals surface area contributed by atoms with Gasteiger partial charge in [0.2, 0.25) is 0 Å². The highest BCUT2D eigenvalue weighted by atomic mass is 32.1. The van der Waals surface area contributed by atoms with Crippen LogP contribution >= 0.6 is 12.2 Å². The van der Waals surface area contributed by atoms with Gasteiger partial charge in [-0.3, -0.25) is 0 Å². The minimum absolute atomic E-state index is 0.0320. The fourth-order valence-corrected chi connectivity index (χ4v) is 1.55. The average Bonchev–Trinajstić information content (AvgIpc) is 2.28. The van der Waals surface area contributed by atoms with Gasteiger partial charge in [-0.05, 0) is 18.6 Å². The Morgan fingerprint density at radius 1 is 1.44 bits per heavy atom. The highest BCUT2D eigenvalue weighted by Gasteiger charge is 2.09. The fraction of sp³-hybridized carbons (Fsp3) is 0.417. The van der Waals surface area contributed by atoms with E-state index >= 15 is 0 Å². The van der Waals surface area contributed by atoms with Crippen LogP contribution < -0.4 is 15.2 Å². The van der Waals surface area contributed by atoms with Crippen LogP contribution in [0, 0.1) is 0 Å². The molecule has 1 aromatic carbocycles. The van der Waals surface area contributed by atoms with Crippen LogP contribution in [-0.4, -0.2) is 18.2 Å². The van der Waals surface area contributed by atoms with Gasteiger partial charge in [0.25, 0.3) is 0 Å². The quantitative estimate of drug-likeness (QED) is 0.775. The molecular formula is C12H17NO2S. The Morgan fingerprint density at radius 2 is 2.12 bits per heavy atom. The Hall–Kier alpha value is -1.29. The molecule has 0 fully saturated rings. The summed E-state index contributed by atoms with van der Waals surface area (Å²) in [4.78, 5) is 0.481. The van der Waals surface area contributed by atoms with Crippen LogP contribution in [0.5, 0.6) is 11.5 Å². The van der Waals surface area contributed by atoms with Crippen molar-refractivity contribution < 1.29 is 9.47 Å². The van der Waals surface area contributed by atoms with Gasteiger partial charge in [-0.2, -0.15) is 0 Å². The molecule has 1 aromatic rings. The Kier molecular flexibility index (Phi) is 5.05. The van der Waals surface area contributed by atoms with Gasteiger partial charge in [-0.25, -0.2) is 0 Å². The summed E-state index contributed by atoms with van der Waals surface area (Å²) >= 11 is 4.88. The van der Waals surface area contributed by atoms with Crippen molar-refractivity contribution >= 4 is 17.2 Å². The molecule has 0 bridgehead atoms. The number of thiocarbonyl (C=S) groups is 1. The van der Waals surface area contributed by atoms with Crippen LogP contribution in [0.4, 0.5) is 0 Å². The highest BCUT2D eigenvalue weighted by Crippen LogP contribution is 2.21. The molecule has 1 rings (SSSR count). The Morgan fingerprint density at radius 3 is 2.69 bits per heavy atom. The van der Waals surface area contributed by atoms with Crippen molar-refractivity contribution in [3.05, 3.63) is 24.3 Å². The minimum atomic E-state index is 0.0320. The molecule has 0 heterocycles. The third kappa shape index (κ3) is 4.06. The van der Waals surface area contributed by atoms with E-state index in [4.69, 9.17) is 27.4 Å². The predicted octanol–water partition coefficient (Wildman–Crippen LogP) is 2.53. The van der Waals surface area contributed by atoms with E-state index in [2.05, 4.69) is 0 Å². The molecule has 3 nitrogen and oxygen atoms in total. The van der Waals surface area contributed by atoms with Crippen molar-refractivity contribution in [1.29, 1.82) is 0 Å². The summed E-state index contributed by atoms with van der Waals surface area (Å²) < 4.78 is 10.9. The molecule has 0 aromatic heterocycles. The van der Waals surface area contributed by atoms with E-state index in [1.807, 2.05) is 31.2 Å². The minimum Gasteiger partial charge on any atom is -0.497 e. The Bertz CT molecular complexity index is 355. The number of hydrogen-bond donors (Lipinski definition) is 1. The molecule has 88 valence electrons. The van der Waals surface area contributed by atoms with Gasteiger partial charge in [0.15, 0.2) is 0 Å². The molecule has 0 aliphatic heterocycles. The monoisotopic (exact) mass is 239 g/mol. The summed E-state index contributed by atoms with van der Waals surface area (Å²) in [6, 6.07) is 7.51. The van der Waals surface area contributed by atoms with E-state index in [0.717, 1.165) is 17.9 Å². The topological polar surface area (TPSA) is 44.5 Å². The Labute approximate surface area is 102 Å². The lowest BCUT2D eigenvalue weighted by atomic mass is 10.2. The number of ether oxygens (including phenoxy) is 2. The first-order valence-corrected chi connectivity index (χ1v) is 5.65. The molecule has 4 heteroatoms. The summed E-state index contributed by atoms with van der Waals surface area (Å²) in [5.74, 6) is 1.56. The second kappa shape index (κ2) is 6.33. The van der Waals surface area contributed by atoms with Gasteiger partial charge in [0.1, 0.15) is 17.6 Å². The van der Waals surface area contributed by atoms with Crippen molar-refractivity contribution in [2.45, 2.75) is 25.9 Å². The first-order valence-electron chi connectivity index (χ1n) is 5.24. The molecule has 0 radical (unpaired) electrons. The molecular weight excluding hydrogens is 222 g/mol. The number of hydrogen-bond acceptors (Lipinski definition) is 3. The van der Waals surface area contributed by atoms with Gasteiger partial charge in [-0.1, -0.05) is 25.2 Å². The predicted molar refractivity (Wildman–Crippen MR) is 69.1 cm³/mol. The molecule has 0 saturated heterocycles. The highest BCUT2D eigenvalue weighted by molar-refractivity contribution is 7.80. The van der Waals surface area contributed by atoms with Crippen LogP contribution in [0.25, 0.3) is 0 Å². The van der Waals surface area contributed by atoms with E-state index in [1.54, 1.807) is 7.11 Å². The summed E-state index contributed by atoms with van der Waals surface area (Å²) in [5.41, 5.74) is 5.51. The van der Waals surface area contributed by atoms with E-state index in [9.17, 15) is 0 Å². The second-order valence-electron chi connectivity index (χ2n) is 3.50. The first-order chi connectivity index (χ1) is 7.65. The molecule has 2 N–H and O–H groups in total. The van der Waals surface area contributed by atoms with Crippen molar-refractivity contribution in [2.24, 2.45) is 5.73 Å². The fourth-order valence-electron chi connectivity index (χ4n) is 1.36. The van der Waals surface area contributed by atoms with Gasteiger partial charge in [0.05, 0.1) is 12.1 Å². The van der Waals surface area contributed by atoms with Gasteiger partial charge in [0, 0.05) is 12.5 Å². The standard InChI is InChI=1S/C12H17NO2S/c1-3-9(8-12(13)16)15-11-6-4-5-10(7-11)14-2/h4-7,9H,3,8H2,1-2H3,(H2,13,16). The smallest absolute Gasteiger partial charge is 0.123 e. The summed E-state index contributed by atoms with van der Waals surface area (Å²) in [5, 5.41) is 0. The maximum atomic E-state index is 5.77. The number of rotatable bonds is 6. The number of benzene rings is 1. The Balaban J connectivity index is 2.65. The van der Waals surface area contributed by atoms with E-state index in [0.29, 0.717) is 11.4 Å². The summed E-state index contributed by atoms with van der Waals surface area (Å²) in [6.07, 6.45) is 1.50. The summed E-state index contributed by atoms with van der Waals surface area (Å²) in [6.45, 7) is 2.04. The molecule has 1 unspecified atom stereocenters. The molecule has 16 heavy (non-hydrogen) atoms. The van der Waals surface area contributed by atoms with Crippen molar-refractivity contribution in [1.82, 2.24) is 0 Å². The van der Waals surface area contributed by atoms with E-state index in [1.165, 1.54) is 0 Å². The largest absolute Gasteiger partial charge is 0.497 e. The molecule has 1 atom stereocenters. The second-order valence-corrected chi connectivity index (χ2v) is 4.02. The zero-order valence-corrected chi connectivity index (χ0v) is 10.4. The lowest BCUT2D eigenvalue weighted by Gasteiger charge is -2.17. The van der Waals surface area contributed by atoms with Gasteiger partial charge >= 0.3 is 0 Å². The molecule has 0 aliphatic carbocycles. The number of methoxy groups -OCH3 is 1. The number of nitrogens with two attached hydrogens (primary N) is 1. The van der Waals surface area contributed by atoms with Crippen molar-refractivity contribution in [2.75, 3.05) is 7.11 Å². The lowest BCUT2D eigenvalue weighted by molar-refractivity contribution is 0.204. The molecule has 0 saturated carbocycles. The SMILES string of the molecule is CCC(CC(N)=S)Oc1cccc(OC)c1. The zero-order chi connectivity index (χ0) is 12.0.